The first-order valence-corrected chi connectivity index (χ1v) is 8.67. The third kappa shape index (κ3) is 5.51. The van der Waals surface area contributed by atoms with Crippen molar-refractivity contribution in [3.63, 3.8) is 0 Å². The summed E-state index contributed by atoms with van der Waals surface area (Å²) in [5.41, 5.74) is 0.324. The standard InChI is InChI=1S/C17H35N3O/c1-15(2)18-12-17(7-10-21-14-17)13-20(4)11-16-5-8-19(3)9-6-16/h15-16,18H,5-14H2,1-4H3. The topological polar surface area (TPSA) is 27.7 Å². The van der Waals surface area contributed by atoms with Gasteiger partial charge in [-0.1, -0.05) is 13.8 Å². The molecule has 0 bridgehead atoms. The SMILES string of the molecule is CC(C)NCC1(CN(C)CC2CCN(C)CC2)CCOC1. The molecule has 2 aliphatic heterocycles. The number of hydrogen-bond donors (Lipinski definition) is 1. The predicted octanol–water partition coefficient (Wildman–Crippen LogP) is 1.66. The molecule has 2 saturated heterocycles. The second kappa shape index (κ2) is 7.91. The van der Waals surface area contributed by atoms with Gasteiger partial charge in [-0.25, -0.2) is 0 Å². The van der Waals surface area contributed by atoms with Crippen LogP contribution in [0.5, 0.6) is 0 Å². The Morgan fingerprint density at radius 1 is 1.33 bits per heavy atom. The highest BCUT2D eigenvalue weighted by molar-refractivity contribution is 4.89. The molecule has 124 valence electrons. The predicted molar refractivity (Wildman–Crippen MR) is 88.7 cm³/mol. The van der Waals surface area contributed by atoms with Crippen LogP contribution < -0.4 is 5.32 Å². The Bertz CT molecular complexity index is 294. The highest BCUT2D eigenvalue weighted by atomic mass is 16.5. The molecule has 4 heteroatoms. The minimum absolute atomic E-state index is 0.324. The minimum Gasteiger partial charge on any atom is -0.381 e. The third-order valence-electron chi connectivity index (χ3n) is 5.08. The lowest BCUT2D eigenvalue weighted by molar-refractivity contribution is 0.101. The van der Waals surface area contributed by atoms with Gasteiger partial charge in [-0.15, -0.1) is 0 Å². The molecule has 0 aliphatic carbocycles. The van der Waals surface area contributed by atoms with Crippen molar-refractivity contribution in [3.05, 3.63) is 0 Å². The van der Waals surface area contributed by atoms with Gasteiger partial charge in [0.2, 0.25) is 0 Å². The molecular weight excluding hydrogens is 262 g/mol. The summed E-state index contributed by atoms with van der Waals surface area (Å²) in [7, 11) is 4.54. The fourth-order valence-corrected chi connectivity index (χ4v) is 3.71. The molecule has 4 nitrogen and oxygen atoms in total. The molecule has 0 saturated carbocycles. The number of likely N-dealkylation sites (tertiary alicyclic amines) is 1. The van der Waals surface area contributed by atoms with Gasteiger partial charge < -0.3 is 19.9 Å². The van der Waals surface area contributed by atoms with E-state index < -0.39 is 0 Å². The monoisotopic (exact) mass is 297 g/mol. The maximum atomic E-state index is 5.72. The van der Waals surface area contributed by atoms with Crippen molar-refractivity contribution < 1.29 is 4.74 Å². The summed E-state index contributed by atoms with van der Waals surface area (Å²) in [4.78, 5) is 5.02. The fraction of sp³-hybridized carbons (Fsp3) is 1.00. The Hall–Kier alpha value is -0.160. The summed E-state index contributed by atoms with van der Waals surface area (Å²) in [6.45, 7) is 12.3. The molecule has 2 aliphatic rings. The first-order valence-electron chi connectivity index (χ1n) is 8.67. The van der Waals surface area contributed by atoms with E-state index >= 15 is 0 Å². The van der Waals surface area contributed by atoms with Crippen molar-refractivity contribution in [3.8, 4) is 0 Å². The van der Waals surface area contributed by atoms with Crippen LogP contribution >= 0.6 is 0 Å². The minimum atomic E-state index is 0.324. The fourth-order valence-electron chi connectivity index (χ4n) is 3.71. The van der Waals surface area contributed by atoms with E-state index in [0.717, 1.165) is 25.7 Å². The first-order chi connectivity index (χ1) is 9.99. The van der Waals surface area contributed by atoms with Crippen LogP contribution in [0.4, 0.5) is 0 Å². The second-order valence-electron chi connectivity index (χ2n) is 7.78. The summed E-state index contributed by atoms with van der Waals surface area (Å²) < 4.78 is 5.72. The Morgan fingerprint density at radius 2 is 2.05 bits per heavy atom. The molecule has 1 atom stereocenters. The number of rotatable bonds is 7. The lowest BCUT2D eigenvalue weighted by atomic mass is 9.85. The number of nitrogens with zero attached hydrogens (tertiary/aromatic N) is 2. The van der Waals surface area contributed by atoms with E-state index in [2.05, 4.69) is 43.1 Å². The van der Waals surface area contributed by atoms with Gasteiger partial charge in [0, 0.05) is 37.7 Å². The molecule has 1 unspecified atom stereocenters. The number of nitrogens with one attached hydrogen (secondary N) is 1. The van der Waals surface area contributed by atoms with Crippen molar-refractivity contribution in [1.82, 2.24) is 15.1 Å². The van der Waals surface area contributed by atoms with Gasteiger partial charge in [0.15, 0.2) is 0 Å². The van der Waals surface area contributed by atoms with E-state index in [-0.39, 0.29) is 0 Å². The maximum Gasteiger partial charge on any atom is 0.0547 e. The van der Waals surface area contributed by atoms with E-state index in [1.807, 2.05) is 0 Å². The molecule has 0 aromatic heterocycles. The lowest BCUT2D eigenvalue weighted by Gasteiger charge is -2.36. The van der Waals surface area contributed by atoms with Crippen LogP contribution in [0.25, 0.3) is 0 Å². The Balaban J connectivity index is 1.79. The summed E-state index contributed by atoms with van der Waals surface area (Å²) in [6, 6.07) is 0.557. The van der Waals surface area contributed by atoms with E-state index in [0.29, 0.717) is 11.5 Å². The van der Waals surface area contributed by atoms with Crippen molar-refractivity contribution in [2.45, 2.75) is 39.2 Å². The molecule has 2 heterocycles. The third-order valence-corrected chi connectivity index (χ3v) is 5.08. The molecule has 0 aromatic rings. The Kier molecular flexibility index (Phi) is 6.48. The highest BCUT2D eigenvalue weighted by Gasteiger charge is 2.36. The highest BCUT2D eigenvalue weighted by Crippen LogP contribution is 2.29. The summed E-state index contributed by atoms with van der Waals surface area (Å²) in [6.07, 6.45) is 3.91. The summed E-state index contributed by atoms with van der Waals surface area (Å²) in [5, 5.41) is 3.63. The van der Waals surface area contributed by atoms with Gasteiger partial charge in [0.25, 0.3) is 0 Å². The van der Waals surface area contributed by atoms with Crippen molar-refractivity contribution >= 4 is 0 Å². The summed E-state index contributed by atoms with van der Waals surface area (Å²) in [5.74, 6) is 0.878. The zero-order chi connectivity index (χ0) is 15.3. The van der Waals surface area contributed by atoms with Crippen molar-refractivity contribution in [2.75, 3.05) is 60.0 Å². The normalized spacial score (nSPS) is 28.9. The average Bonchev–Trinajstić information content (AvgIpc) is 2.88. The average molecular weight is 297 g/mol. The van der Waals surface area contributed by atoms with Crippen LogP contribution in [-0.2, 0) is 4.74 Å². The van der Waals surface area contributed by atoms with Crippen LogP contribution in [-0.4, -0.2) is 75.9 Å². The van der Waals surface area contributed by atoms with Crippen LogP contribution in [0.15, 0.2) is 0 Å². The maximum absolute atomic E-state index is 5.72. The van der Waals surface area contributed by atoms with Crippen LogP contribution in [0.1, 0.15) is 33.1 Å². The van der Waals surface area contributed by atoms with Gasteiger partial charge in [-0.2, -0.15) is 0 Å². The largest absolute Gasteiger partial charge is 0.381 e. The number of ether oxygens (including phenoxy) is 1. The molecule has 0 aromatic carbocycles. The van der Waals surface area contributed by atoms with Crippen molar-refractivity contribution in [1.29, 1.82) is 0 Å². The van der Waals surface area contributed by atoms with E-state index in [4.69, 9.17) is 4.74 Å². The molecule has 0 amide bonds. The van der Waals surface area contributed by atoms with Gasteiger partial charge in [0.05, 0.1) is 6.61 Å². The van der Waals surface area contributed by atoms with Crippen molar-refractivity contribution in [2.24, 2.45) is 11.3 Å². The summed E-state index contributed by atoms with van der Waals surface area (Å²) >= 11 is 0. The van der Waals surface area contributed by atoms with E-state index in [1.165, 1.54) is 45.4 Å². The van der Waals surface area contributed by atoms with Gasteiger partial charge in [0.1, 0.15) is 0 Å². The number of piperidine rings is 1. The Labute approximate surface area is 131 Å². The van der Waals surface area contributed by atoms with Crippen LogP contribution in [0.3, 0.4) is 0 Å². The molecule has 0 radical (unpaired) electrons. The molecule has 2 fully saturated rings. The molecule has 2 rings (SSSR count). The lowest BCUT2D eigenvalue weighted by Crippen LogP contribution is -2.46. The molecular formula is C17H35N3O. The molecule has 21 heavy (non-hydrogen) atoms. The zero-order valence-corrected chi connectivity index (χ0v) is 14.5. The van der Waals surface area contributed by atoms with Gasteiger partial charge in [-0.3, -0.25) is 0 Å². The number of hydrogen-bond acceptors (Lipinski definition) is 4. The molecule has 0 spiro atoms. The Morgan fingerprint density at radius 3 is 2.62 bits per heavy atom. The zero-order valence-electron chi connectivity index (χ0n) is 14.5. The van der Waals surface area contributed by atoms with Crippen LogP contribution in [0, 0.1) is 11.3 Å². The smallest absolute Gasteiger partial charge is 0.0547 e. The quantitative estimate of drug-likeness (QED) is 0.773. The van der Waals surface area contributed by atoms with Crippen LogP contribution in [0.2, 0.25) is 0 Å². The molecule has 1 N–H and O–H groups in total. The first kappa shape index (κ1) is 17.2. The van der Waals surface area contributed by atoms with Gasteiger partial charge in [-0.05, 0) is 52.4 Å². The second-order valence-corrected chi connectivity index (χ2v) is 7.78. The van der Waals surface area contributed by atoms with Gasteiger partial charge >= 0.3 is 0 Å². The van der Waals surface area contributed by atoms with E-state index in [1.54, 1.807) is 0 Å². The van der Waals surface area contributed by atoms with E-state index in [9.17, 15) is 0 Å².